The average molecular weight is 470 g/mol. The monoisotopic (exact) mass is 469 g/mol. The minimum Gasteiger partial charge on any atom is -0.481 e. The number of halogens is 1. The van der Waals surface area contributed by atoms with Gasteiger partial charge in [0, 0.05) is 17.4 Å². The van der Waals surface area contributed by atoms with E-state index in [0.717, 1.165) is 55.0 Å². The van der Waals surface area contributed by atoms with Crippen LogP contribution in [0.25, 0.3) is 6.08 Å². The van der Waals surface area contributed by atoms with Crippen LogP contribution >= 0.6 is 39.9 Å². The topological polar surface area (TPSA) is 57.6 Å². The van der Waals surface area contributed by atoms with E-state index in [1.165, 1.54) is 11.8 Å². The van der Waals surface area contributed by atoms with Crippen LogP contribution in [0.2, 0.25) is 0 Å². The van der Waals surface area contributed by atoms with Gasteiger partial charge in [0.1, 0.15) is 4.32 Å². The summed E-state index contributed by atoms with van der Waals surface area (Å²) in [7, 11) is 0. The highest BCUT2D eigenvalue weighted by Crippen LogP contribution is 2.33. The number of thioether (sulfide) groups is 1. The molecule has 0 unspecified atom stereocenters. The first-order valence-electron chi connectivity index (χ1n) is 9.20. The molecule has 7 heteroatoms. The molecule has 0 saturated carbocycles. The van der Waals surface area contributed by atoms with E-state index in [2.05, 4.69) is 15.9 Å². The first kappa shape index (κ1) is 22.1. The normalized spacial score (nSPS) is 15.7. The Morgan fingerprint density at radius 1 is 1.07 bits per heavy atom. The summed E-state index contributed by atoms with van der Waals surface area (Å²) in [5.41, 5.74) is 0.988. The number of nitrogens with zero attached hydrogens (tertiary/aromatic N) is 1. The molecule has 0 spiro atoms. The van der Waals surface area contributed by atoms with Crippen LogP contribution in [0.4, 0.5) is 0 Å². The van der Waals surface area contributed by atoms with Gasteiger partial charge in [0.25, 0.3) is 5.91 Å². The first-order valence-corrected chi connectivity index (χ1v) is 11.2. The van der Waals surface area contributed by atoms with Crippen molar-refractivity contribution in [1.82, 2.24) is 4.90 Å². The molecule has 1 amide bonds. The maximum Gasteiger partial charge on any atom is 0.303 e. The number of unbranched alkanes of at least 4 members (excludes halogenated alkanes) is 6. The molecule has 0 atom stereocenters. The number of thiocarbonyl (C=S) groups is 1. The zero-order valence-electron chi connectivity index (χ0n) is 15.2. The third-order valence-corrected chi connectivity index (χ3v) is 6.22. The number of hydrogen-bond acceptors (Lipinski definition) is 4. The van der Waals surface area contributed by atoms with Crippen molar-refractivity contribution >= 4 is 62.2 Å². The van der Waals surface area contributed by atoms with Crippen LogP contribution in [0.3, 0.4) is 0 Å². The van der Waals surface area contributed by atoms with E-state index >= 15 is 0 Å². The van der Waals surface area contributed by atoms with Gasteiger partial charge in [0.15, 0.2) is 0 Å². The Balaban J connectivity index is 1.68. The third-order valence-electron chi connectivity index (χ3n) is 4.31. The fraction of sp³-hybridized carbons (Fsp3) is 0.450. The molecular weight excluding hydrogens is 446 g/mol. The smallest absolute Gasteiger partial charge is 0.303 e. The van der Waals surface area contributed by atoms with Crippen molar-refractivity contribution in [2.24, 2.45) is 0 Å². The molecule has 2 rings (SSSR count). The number of carboxylic acids is 1. The minimum absolute atomic E-state index is 0.00147. The predicted octanol–water partition coefficient (Wildman–Crippen LogP) is 5.86. The summed E-state index contributed by atoms with van der Waals surface area (Å²) < 4.78 is 1.64. The summed E-state index contributed by atoms with van der Waals surface area (Å²) in [4.78, 5) is 25.4. The van der Waals surface area contributed by atoms with Crippen molar-refractivity contribution in [3.63, 3.8) is 0 Å². The lowest BCUT2D eigenvalue weighted by molar-refractivity contribution is -0.137. The predicted molar refractivity (Wildman–Crippen MR) is 119 cm³/mol. The van der Waals surface area contributed by atoms with Gasteiger partial charge in [-0.3, -0.25) is 14.5 Å². The summed E-state index contributed by atoms with van der Waals surface area (Å²) in [5.74, 6) is -0.714. The average Bonchev–Trinajstić information content (AvgIpc) is 2.89. The Bertz CT molecular complexity index is 704. The second-order valence-corrected chi connectivity index (χ2v) is 9.09. The van der Waals surface area contributed by atoms with Crippen molar-refractivity contribution in [1.29, 1.82) is 0 Å². The Labute approximate surface area is 178 Å². The van der Waals surface area contributed by atoms with Gasteiger partial charge < -0.3 is 5.11 Å². The van der Waals surface area contributed by atoms with Crippen LogP contribution in [0.1, 0.15) is 56.9 Å². The second-order valence-electron chi connectivity index (χ2n) is 6.50. The molecule has 1 saturated heterocycles. The molecular formula is C20H24BrNO3S2. The van der Waals surface area contributed by atoms with E-state index < -0.39 is 5.97 Å². The fourth-order valence-electron chi connectivity index (χ4n) is 2.83. The van der Waals surface area contributed by atoms with E-state index in [9.17, 15) is 9.59 Å². The Hall–Kier alpha value is -1.18. The van der Waals surface area contributed by atoms with E-state index in [0.29, 0.717) is 15.8 Å². The lowest BCUT2D eigenvalue weighted by Crippen LogP contribution is -2.29. The van der Waals surface area contributed by atoms with Crippen LogP contribution in [-0.4, -0.2) is 32.7 Å². The van der Waals surface area contributed by atoms with E-state index in [4.69, 9.17) is 17.3 Å². The number of benzene rings is 1. The summed E-state index contributed by atoms with van der Waals surface area (Å²) in [5, 5.41) is 8.59. The molecule has 1 aromatic rings. The maximum atomic E-state index is 12.6. The van der Waals surface area contributed by atoms with Crippen LogP contribution in [-0.2, 0) is 9.59 Å². The minimum atomic E-state index is -0.715. The molecule has 1 aliphatic heterocycles. The zero-order valence-corrected chi connectivity index (χ0v) is 18.4. The van der Waals surface area contributed by atoms with Gasteiger partial charge in [-0.25, -0.2) is 0 Å². The maximum absolute atomic E-state index is 12.6. The Kier molecular flexibility index (Phi) is 9.51. The van der Waals surface area contributed by atoms with Crippen molar-refractivity contribution < 1.29 is 14.7 Å². The summed E-state index contributed by atoms with van der Waals surface area (Å²) in [6.45, 7) is 0.668. The largest absolute Gasteiger partial charge is 0.481 e. The standard InChI is InChI=1S/C20H24BrNO3S2/c21-16-11-9-15(10-12-16)14-17-19(25)22(20(26)27-17)13-7-5-3-1-2-4-6-8-18(23)24/h9-12,14H,1-8,13H2,(H,23,24)/b17-14-. The summed E-state index contributed by atoms with van der Waals surface area (Å²) in [6, 6.07) is 7.84. The van der Waals surface area contributed by atoms with Crippen molar-refractivity contribution in [2.45, 2.75) is 51.4 Å². The van der Waals surface area contributed by atoms with Crippen molar-refractivity contribution in [2.75, 3.05) is 6.54 Å². The quantitative estimate of drug-likeness (QED) is 0.250. The second kappa shape index (κ2) is 11.6. The molecule has 1 fully saturated rings. The van der Waals surface area contributed by atoms with Crippen LogP contribution in [0.5, 0.6) is 0 Å². The molecule has 1 N–H and O–H groups in total. The molecule has 1 aliphatic rings. The van der Waals surface area contributed by atoms with Gasteiger partial charge in [-0.15, -0.1) is 0 Å². The molecule has 0 radical (unpaired) electrons. The van der Waals surface area contributed by atoms with Gasteiger partial charge in [-0.05, 0) is 36.6 Å². The number of rotatable bonds is 11. The van der Waals surface area contributed by atoms with Gasteiger partial charge in [0.05, 0.1) is 4.91 Å². The fourth-order valence-corrected chi connectivity index (χ4v) is 4.41. The van der Waals surface area contributed by atoms with Crippen LogP contribution in [0.15, 0.2) is 33.6 Å². The molecule has 0 aliphatic carbocycles. The number of carbonyl (C=O) groups excluding carboxylic acids is 1. The number of aliphatic carboxylic acids is 1. The van der Waals surface area contributed by atoms with E-state index in [1.54, 1.807) is 4.90 Å². The van der Waals surface area contributed by atoms with E-state index in [-0.39, 0.29) is 12.3 Å². The molecule has 0 bridgehead atoms. The zero-order chi connectivity index (χ0) is 19.6. The summed E-state index contributed by atoms with van der Waals surface area (Å²) in [6.07, 6.45) is 9.18. The SMILES string of the molecule is O=C(O)CCCCCCCCCN1C(=O)/C(=C/c2ccc(Br)cc2)SC1=S. The molecule has 27 heavy (non-hydrogen) atoms. The third kappa shape index (κ3) is 7.76. The van der Waals surface area contributed by atoms with Gasteiger partial charge in [-0.1, -0.05) is 84.1 Å². The highest BCUT2D eigenvalue weighted by atomic mass is 79.9. The lowest BCUT2D eigenvalue weighted by atomic mass is 10.1. The molecule has 4 nitrogen and oxygen atoms in total. The number of amides is 1. The van der Waals surface area contributed by atoms with E-state index in [1.807, 2.05) is 30.3 Å². The summed E-state index contributed by atoms with van der Waals surface area (Å²) >= 11 is 10.2. The lowest BCUT2D eigenvalue weighted by Gasteiger charge is -2.14. The molecule has 0 aromatic heterocycles. The number of carbonyl (C=O) groups is 2. The molecule has 146 valence electrons. The Morgan fingerprint density at radius 2 is 1.67 bits per heavy atom. The van der Waals surface area contributed by atoms with Crippen LogP contribution < -0.4 is 0 Å². The van der Waals surface area contributed by atoms with Gasteiger partial charge >= 0.3 is 5.97 Å². The number of hydrogen-bond donors (Lipinski definition) is 1. The van der Waals surface area contributed by atoms with Crippen molar-refractivity contribution in [3.8, 4) is 0 Å². The van der Waals surface area contributed by atoms with Gasteiger partial charge in [0.2, 0.25) is 0 Å². The highest BCUT2D eigenvalue weighted by molar-refractivity contribution is 9.10. The molecule has 1 aromatic carbocycles. The highest BCUT2D eigenvalue weighted by Gasteiger charge is 2.31. The van der Waals surface area contributed by atoms with Crippen LogP contribution in [0, 0.1) is 0 Å². The Morgan fingerprint density at radius 3 is 2.30 bits per heavy atom. The first-order chi connectivity index (χ1) is 13.0. The number of carboxylic acid groups (broad SMARTS) is 1. The van der Waals surface area contributed by atoms with Gasteiger partial charge in [-0.2, -0.15) is 0 Å². The van der Waals surface area contributed by atoms with Crippen molar-refractivity contribution in [3.05, 3.63) is 39.2 Å². The molecule has 1 heterocycles.